The van der Waals surface area contributed by atoms with Crippen LogP contribution in [-0.2, 0) is 0 Å². The molecule has 3 N–H and O–H groups in total. The van der Waals surface area contributed by atoms with Crippen molar-refractivity contribution in [2.75, 3.05) is 6.61 Å². The van der Waals surface area contributed by atoms with Gasteiger partial charge in [0.05, 0.1) is 6.61 Å². The molecule has 0 spiro atoms. The van der Waals surface area contributed by atoms with Gasteiger partial charge in [-0.25, -0.2) is 0 Å². The van der Waals surface area contributed by atoms with Crippen LogP contribution in [0.15, 0.2) is 18.2 Å². The number of benzene rings is 1. The number of ether oxygens (including phenoxy) is 1. The van der Waals surface area contributed by atoms with Crippen molar-refractivity contribution in [2.24, 2.45) is 5.73 Å². The Bertz CT molecular complexity index is 352. The van der Waals surface area contributed by atoms with Crippen molar-refractivity contribution in [3.05, 3.63) is 29.3 Å². The van der Waals surface area contributed by atoms with Crippen LogP contribution in [0.5, 0.6) is 5.75 Å². The van der Waals surface area contributed by atoms with Crippen LogP contribution in [0.4, 0.5) is 0 Å². The zero-order valence-electron chi connectivity index (χ0n) is 10.9. The molecule has 0 heterocycles. The van der Waals surface area contributed by atoms with Crippen molar-refractivity contribution in [1.29, 1.82) is 0 Å². The predicted octanol–water partition coefficient (Wildman–Crippen LogP) is 2.17. The van der Waals surface area contributed by atoms with E-state index in [-0.39, 0.29) is 18.8 Å². The first-order valence-corrected chi connectivity index (χ1v) is 6.18. The fourth-order valence-corrected chi connectivity index (χ4v) is 1.74. The molecule has 1 aromatic carbocycles. The van der Waals surface area contributed by atoms with Crippen LogP contribution in [0.2, 0.25) is 0 Å². The van der Waals surface area contributed by atoms with Gasteiger partial charge < -0.3 is 15.6 Å². The van der Waals surface area contributed by atoms with E-state index in [1.54, 1.807) is 0 Å². The summed E-state index contributed by atoms with van der Waals surface area (Å²) < 4.78 is 5.74. The topological polar surface area (TPSA) is 55.5 Å². The summed E-state index contributed by atoms with van der Waals surface area (Å²) in [6.45, 7) is 6.13. The van der Waals surface area contributed by atoms with Gasteiger partial charge in [-0.15, -0.1) is 0 Å². The van der Waals surface area contributed by atoms with Gasteiger partial charge in [-0.05, 0) is 43.5 Å². The summed E-state index contributed by atoms with van der Waals surface area (Å²) in [7, 11) is 0. The number of aliphatic hydroxyl groups excluding tert-OH is 1. The Labute approximate surface area is 104 Å². The van der Waals surface area contributed by atoms with Gasteiger partial charge in [0.15, 0.2) is 0 Å². The maximum atomic E-state index is 9.30. The Balaban J connectivity index is 2.70. The molecular weight excluding hydrogens is 214 g/mol. The molecule has 0 saturated carbocycles. The van der Waals surface area contributed by atoms with Crippen LogP contribution in [0.1, 0.15) is 30.9 Å². The van der Waals surface area contributed by atoms with E-state index in [2.05, 4.69) is 13.8 Å². The summed E-state index contributed by atoms with van der Waals surface area (Å²) in [4.78, 5) is 0. The van der Waals surface area contributed by atoms with E-state index < -0.39 is 0 Å². The molecule has 17 heavy (non-hydrogen) atoms. The lowest BCUT2D eigenvalue weighted by molar-refractivity contribution is 0.0916. The minimum absolute atomic E-state index is 0.0475. The van der Waals surface area contributed by atoms with E-state index in [9.17, 15) is 5.11 Å². The molecule has 0 saturated heterocycles. The summed E-state index contributed by atoms with van der Waals surface area (Å²) in [6, 6.07) is 5.80. The molecule has 1 rings (SSSR count). The average molecular weight is 237 g/mol. The van der Waals surface area contributed by atoms with Gasteiger partial charge in [0.2, 0.25) is 0 Å². The van der Waals surface area contributed by atoms with Crippen molar-refractivity contribution in [3.8, 4) is 5.75 Å². The molecule has 3 heteroatoms. The first-order chi connectivity index (χ1) is 8.08. The van der Waals surface area contributed by atoms with E-state index in [0.717, 1.165) is 18.6 Å². The zero-order chi connectivity index (χ0) is 12.8. The molecule has 0 aliphatic carbocycles. The van der Waals surface area contributed by atoms with Crippen LogP contribution < -0.4 is 10.5 Å². The van der Waals surface area contributed by atoms with Gasteiger partial charge in [-0.2, -0.15) is 0 Å². The summed E-state index contributed by atoms with van der Waals surface area (Å²) >= 11 is 0. The molecule has 0 aliphatic rings. The van der Waals surface area contributed by atoms with Crippen molar-refractivity contribution in [3.63, 3.8) is 0 Å². The summed E-state index contributed by atoms with van der Waals surface area (Å²) in [5.41, 5.74) is 8.39. The quantitative estimate of drug-likeness (QED) is 0.797. The van der Waals surface area contributed by atoms with Crippen LogP contribution in [0.3, 0.4) is 0 Å². The monoisotopic (exact) mass is 237 g/mol. The van der Waals surface area contributed by atoms with Gasteiger partial charge >= 0.3 is 0 Å². The van der Waals surface area contributed by atoms with Gasteiger partial charge in [0.1, 0.15) is 11.9 Å². The van der Waals surface area contributed by atoms with Gasteiger partial charge in [-0.1, -0.05) is 19.4 Å². The molecule has 96 valence electrons. The normalized spacial score (nSPS) is 14.4. The van der Waals surface area contributed by atoms with Crippen LogP contribution in [-0.4, -0.2) is 23.9 Å². The summed E-state index contributed by atoms with van der Waals surface area (Å²) in [5.74, 6) is 0.777. The third-order valence-electron chi connectivity index (χ3n) is 3.05. The Hall–Kier alpha value is -1.06. The third kappa shape index (κ3) is 4.02. The standard InChI is InChI=1S/C14H23NO2/c1-4-5-13(15)14(9-16)17-12-7-6-10(2)11(3)8-12/h6-8,13-14,16H,4-5,9,15H2,1-3H3. The fraction of sp³-hybridized carbons (Fsp3) is 0.571. The highest BCUT2D eigenvalue weighted by Crippen LogP contribution is 2.18. The van der Waals surface area contributed by atoms with Crippen molar-refractivity contribution >= 4 is 0 Å². The molecule has 0 amide bonds. The maximum absolute atomic E-state index is 9.30. The number of rotatable bonds is 6. The summed E-state index contributed by atoms with van der Waals surface area (Å²) in [6.07, 6.45) is 1.53. The highest BCUT2D eigenvalue weighted by molar-refractivity contribution is 5.34. The molecule has 3 nitrogen and oxygen atoms in total. The first kappa shape index (κ1) is 14.0. The maximum Gasteiger partial charge on any atom is 0.137 e. The molecule has 1 aromatic rings. The SMILES string of the molecule is CCCC(N)C(CO)Oc1ccc(C)c(C)c1. The Morgan fingerprint density at radius 2 is 2.00 bits per heavy atom. The highest BCUT2D eigenvalue weighted by Gasteiger charge is 2.18. The van der Waals surface area contributed by atoms with Gasteiger partial charge in [0, 0.05) is 6.04 Å². The number of hydrogen-bond donors (Lipinski definition) is 2. The number of aryl methyl sites for hydroxylation is 2. The second kappa shape index (κ2) is 6.62. The summed E-state index contributed by atoms with van der Waals surface area (Å²) in [5, 5.41) is 9.30. The predicted molar refractivity (Wildman–Crippen MR) is 70.3 cm³/mol. The smallest absolute Gasteiger partial charge is 0.137 e. The van der Waals surface area contributed by atoms with Crippen molar-refractivity contribution in [2.45, 2.75) is 45.8 Å². The van der Waals surface area contributed by atoms with Crippen molar-refractivity contribution in [1.82, 2.24) is 0 Å². The lowest BCUT2D eigenvalue weighted by Crippen LogP contribution is -2.41. The van der Waals surface area contributed by atoms with Crippen molar-refractivity contribution < 1.29 is 9.84 Å². The average Bonchev–Trinajstić information content (AvgIpc) is 2.30. The van der Waals surface area contributed by atoms with Crippen LogP contribution in [0.25, 0.3) is 0 Å². The van der Waals surface area contributed by atoms with E-state index >= 15 is 0 Å². The molecular formula is C14H23NO2. The number of nitrogens with two attached hydrogens (primary N) is 1. The zero-order valence-corrected chi connectivity index (χ0v) is 10.9. The molecule has 2 atom stereocenters. The molecule has 0 radical (unpaired) electrons. The Morgan fingerprint density at radius 1 is 1.29 bits per heavy atom. The lowest BCUT2D eigenvalue weighted by Gasteiger charge is -2.23. The Kier molecular flexibility index (Phi) is 5.45. The van der Waals surface area contributed by atoms with E-state index in [4.69, 9.17) is 10.5 Å². The van der Waals surface area contributed by atoms with E-state index in [0.29, 0.717) is 0 Å². The highest BCUT2D eigenvalue weighted by atomic mass is 16.5. The molecule has 0 bridgehead atoms. The number of aliphatic hydroxyl groups is 1. The second-order valence-corrected chi connectivity index (χ2v) is 4.54. The largest absolute Gasteiger partial charge is 0.486 e. The van der Waals surface area contributed by atoms with Crippen LogP contribution in [0, 0.1) is 13.8 Å². The molecule has 0 aromatic heterocycles. The number of hydrogen-bond acceptors (Lipinski definition) is 3. The van der Waals surface area contributed by atoms with Gasteiger partial charge in [0.25, 0.3) is 0 Å². The minimum Gasteiger partial charge on any atom is -0.486 e. The minimum atomic E-state index is -0.322. The fourth-order valence-electron chi connectivity index (χ4n) is 1.74. The van der Waals surface area contributed by atoms with Crippen LogP contribution >= 0.6 is 0 Å². The molecule has 2 unspecified atom stereocenters. The first-order valence-electron chi connectivity index (χ1n) is 6.18. The second-order valence-electron chi connectivity index (χ2n) is 4.54. The van der Waals surface area contributed by atoms with E-state index in [1.165, 1.54) is 11.1 Å². The lowest BCUT2D eigenvalue weighted by atomic mass is 10.1. The van der Waals surface area contributed by atoms with Gasteiger partial charge in [-0.3, -0.25) is 0 Å². The van der Waals surface area contributed by atoms with E-state index in [1.807, 2.05) is 25.1 Å². The molecule has 0 aliphatic heterocycles. The molecule has 0 fully saturated rings. The Morgan fingerprint density at radius 3 is 2.53 bits per heavy atom. The third-order valence-corrected chi connectivity index (χ3v) is 3.05.